The highest BCUT2D eigenvalue weighted by atomic mass is 32.2. The maximum atomic E-state index is 12.8. The molecule has 0 atom stereocenters. The van der Waals surface area contributed by atoms with Crippen LogP contribution in [-0.4, -0.2) is 44.0 Å². The molecule has 3 rings (SSSR count). The standard InChI is InChI=1S/C18H22N2O3S/c1-14-3-8-18(13-15(14)2)24(22,23)20-11-9-19(10-12-20)16-4-6-17(21)7-5-16/h3-8,13,21H,9-12H2,1-2H3. The van der Waals surface area contributed by atoms with Crippen LogP contribution < -0.4 is 4.90 Å². The third-order valence-electron chi connectivity index (χ3n) is 4.57. The molecule has 6 heteroatoms. The lowest BCUT2D eigenvalue weighted by Crippen LogP contribution is -2.48. The van der Waals surface area contributed by atoms with Crippen LogP contribution in [0, 0.1) is 13.8 Å². The molecule has 128 valence electrons. The largest absolute Gasteiger partial charge is 0.508 e. The Morgan fingerprint density at radius 1 is 0.875 bits per heavy atom. The predicted molar refractivity (Wildman–Crippen MR) is 95.0 cm³/mol. The number of hydrogen-bond acceptors (Lipinski definition) is 4. The molecule has 0 aromatic heterocycles. The summed E-state index contributed by atoms with van der Waals surface area (Å²) < 4.78 is 27.2. The van der Waals surface area contributed by atoms with E-state index in [9.17, 15) is 13.5 Å². The van der Waals surface area contributed by atoms with Crippen molar-refractivity contribution >= 4 is 15.7 Å². The Balaban J connectivity index is 1.73. The van der Waals surface area contributed by atoms with Gasteiger partial charge < -0.3 is 10.0 Å². The smallest absolute Gasteiger partial charge is 0.243 e. The zero-order chi connectivity index (χ0) is 17.3. The highest BCUT2D eigenvalue weighted by Crippen LogP contribution is 2.23. The number of benzene rings is 2. The summed E-state index contributed by atoms with van der Waals surface area (Å²) in [5.74, 6) is 0.231. The highest BCUT2D eigenvalue weighted by molar-refractivity contribution is 7.89. The lowest BCUT2D eigenvalue weighted by atomic mass is 10.1. The normalized spacial score (nSPS) is 16.3. The van der Waals surface area contributed by atoms with Gasteiger partial charge in [0.25, 0.3) is 0 Å². The second-order valence-electron chi connectivity index (χ2n) is 6.15. The summed E-state index contributed by atoms with van der Waals surface area (Å²) in [5.41, 5.74) is 3.07. The average Bonchev–Trinajstić information content (AvgIpc) is 2.58. The van der Waals surface area contributed by atoms with Crippen LogP contribution in [0.15, 0.2) is 47.4 Å². The lowest BCUT2D eigenvalue weighted by Gasteiger charge is -2.35. The maximum absolute atomic E-state index is 12.8. The monoisotopic (exact) mass is 346 g/mol. The summed E-state index contributed by atoms with van der Waals surface area (Å²) in [6, 6.07) is 12.3. The van der Waals surface area contributed by atoms with Crippen molar-refractivity contribution in [3.63, 3.8) is 0 Å². The van der Waals surface area contributed by atoms with Gasteiger partial charge in [0.1, 0.15) is 5.75 Å². The first-order valence-electron chi connectivity index (χ1n) is 7.99. The van der Waals surface area contributed by atoms with E-state index in [-0.39, 0.29) is 5.75 Å². The van der Waals surface area contributed by atoms with Crippen LogP contribution in [-0.2, 0) is 10.0 Å². The summed E-state index contributed by atoms with van der Waals surface area (Å²) in [6.45, 7) is 6.08. The van der Waals surface area contributed by atoms with Gasteiger partial charge in [-0.2, -0.15) is 4.31 Å². The molecule has 2 aromatic carbocycles. The molecule has 0 radical (unpaired) electrons. The minimum atomic E-state index is -3.45. The molecular formula is C18H22N2O3S. The molecule has 0 spiro atoms. The van der Waals surface area contributed by atoms with Gasteiger partial charge in [0.15, 0.2) is 0 Å². The van der Waals surface area contributed by atoms with Gasteiger partial charge in [0.05, 0.1) is 4.90 Å². The number of phenols is 1. The average molecular weight is 346 g/mol. The van der Waals surface area contributed by atoms with Gasteiger partial charge >= 0.3 is 0 Å². The van der Waals surface area contributed by atoms with Crippen molar-refractivity contribution in [2.24, 2.45) is 0 Å². The lowest BCUT2D eigenvalue weighted by molar-refractivity contribution is 0.385. The van der Waals surface area contributed by atoms with Crippen molar-refractivity contribution in [1.29, 1.82) is 0 Å². The molecule has 2 aromatic rings. The Kier molecular flexibility index (Phi) is 4.51. The fourth-order valence-electron chi connectivity index (χ4n) is 2.87. The maximum Gasteiger partial charge on any atom is 0.243 e. The molecule has 0 bridgehead atoms. The van der Waals surface area contributed by atoms with Crippen molar-refractivity contribution in [1.82, 2.24) is 4.31 Å². The van der Waals surface area contributed by atoms with Gasteiger partial charge in [-0.1, -0.05) is 6.07 Å². The fourth-order valence-corrected chi connectivity index (χ4v) is 4.38. The quantitative estimate of drug-likeness (QED) is 0.928. The van der Waals surface area contributed by atoms with Crippen LogP contribution in [0.3, 0.4) is 0 Å². The number of phenolic OH excluding ortho intramolecular Hbond substituents is 1. The first-order chi connectivity index (χ1) is 11.4. The summed E-state index contributed by atoms with van der Waals surface area (Å²) in [6.07, 6.45) is 0. The van der Waals surface area contributed by atoms with E-state index in [1.165, 1.54) is 0 Å². The van der Waals surface area contributed by atoms with E-state index in [0.29, 0.717) is 31.1 Å². The molecule has 5 nitrogen and oxygen atoms in total. The number of nitrogens with zero attached hydrogens (tertiary/aromatic N) is 2. The first-order valence-corrected chi connectivity index (χ1v) is 9.43. The molecule has 0 amide bonds. The summed E-state index contributed by atoms with van der Waals surface area (Å²) in [4.78, 5) is 2.50. The van der Waals surface area contributed by atoms with Gasteiger partial charge in [-0.25, -0.2) is 8.42 Å². The molecule has 1 heterocycles. The molecular weight excluding hydrogens is 324 g/mol. The topological polar surface area (TPSA) is 60.9 Å². The van der Waals surface area contributed by atoms with Gasteiger partial charge in [-0.15, -0.1) is 0 Å². The van der Waals surface area contributed by atoms with Crippen LogP contribution in [0.1, 0.15) is 11.1 Å². The third-order valence-corrected chi connectivity index (χ3v) is 6.46. The summed E-state index contributed by atoms with van der Waals surface area (Å²) >= 11 is 0. The molecule has 1 fully saturated rings. The minimum absolute atomic E-state index is 0.231. The van der Waals surface area contributed by atoms with Crippen LogP contribution in [0.25, 0.3) is 0 Å². The molecule has 1 aliphatic heterocycles. The van der Waals surface area contributed by atoms with Gasteiger partial charge in [0, 0.05) is 31.9 Å². The van der Waals surface area contributed by atoms with E-state index in [2.05, 4.69) is 4.90 Å². The summed E-state index contributed by atoms with van der Waals surface area (Å²) in [5, 5.41) is 9.37. The number of anilines is 1. The Labute approximate surface area is 143 Å². The zero-order valence-electron chi connectivity index (χ0n) is 13.9. The number of sulfonamides is 1. The van der Waals surface area contributed by atoms with E-state index < -0.39 is 10.0 Å². The van der Waals surface area contributed by atoms with Crippen LogP contribution in [0.5, 0.6) is 5.75 Å². The predicted octanol–water partition coefficient (Wildman–Crippen LogP) is 2.52. The molecule has 0 unspecified atom stereocenters. The number of rotatable bonds is 3. The second-order valence-corrected chi connectivity index (χ2v) is 8.09. The van der Waals surface area contributed by atoms with Crippen molar-refractivity contribution in [3.05, 3.63) is 53.6 Å². The number of aryl methyl sites for hydroxylation is 2. The van der Waals surface area contributed by atoms with Gasteiger partial charge in [0.2, 0.25) is 10.0 Å². The Bertz CT molecular complexity index is 824. The van der Waals surface area contributed by atoms with E-state index in [1.807, 2.05) is 32.0 Å². The fraction of sp³-hybridized carbons (Fsp3) is 0.333. The molecule has 0 saturated carbocycles. The Hall–Kier alpha value is -2.05. The molecule has 24 heavy (non-hydrogen) atoms. The highest BCUT2D eigenvalue weighted by Gasteiger charge is 2.28. The Morgan fingerprint density at radius 3 is 2.08 bits per heavy atom. The van der Waals surface area contributed by atoms with Crippen LogP contribution >= 0.6 is 0 Å². The van der Waals surface area contributed by atoms with Crippen LogP contribution in [0.2, 0.25) is 0 Å². The minimum Gasteiger partial charge on any atom is -0.508 e. The van der Waals surface area contributed by atoms with Crippen molar-refractivity contribution in [2.75, 3.05) is 31.1 Å². The number of aromatic hydroxyl groups is 1. The van der Waals surface area contributed by atoms with Crippen LogP contribution in [0.4, 0.5) is 5.69 Å². The zero-order valence-corrected chi connectivity index (χ0v) is 14.8. The van der Waals surface area contributed by atoms with Gasteiger partial charge in [-0.05, 0) is 61.4 Å². The van der Waals surface area contributed by atoms with E-state index in [0.717, 1.165) is 16.8 Å². The molecule has 1 N–H and O–H groups in total. The molecule has 1 aliphatic rings. The van der Waals surface area contributed by atoms with E-state index >= 15 is 0 Å². The molecule has 0 aliphatic carbocycles. The van der Waals surface area contributed by atoms with E-state index in [4.69, 9.17) is 0 Å². The van der Waals surface area contributed by atoms with Crippen molar-refractivity contribution < 1.29 is 13.5 Å². The third kappa shape index (κ3) is 3.25. The van der Waals surface area contributed by atoms with E-state index in [1.54, 1.807) is 28.6 Å². The number of piperazine rings is 1. The number of hydrogen-bond donors (Lipinski definition) is 1. The second kappa shape index (κ2) is 6.45. The van der Waals surface area contributed by atoms with Gasteiger partial charge in [-0.3, -0.25) is 0 Å². The Morgan fingerprint density at radius 2 is 1.50 bits per heavy atom. The molecule has 1 saturated heterocycles. The SMILES string of the molecule is Cc1ccc(S(=O)(=O)N2CCN(c3ccc(O)cc3)CC2)cc1C. The summed E-state index contributed by atoms with van der Waals surface area (Å²) in [7, 11) is -3.45. The van der Waals surface area contributed by atoms with Crippen molar-refractivity contribution in [3.8, 4) is 5.75 Å². The van der Waals surface area contributed by atoms with Crippen molar-refractivity contribution in [2.45, 2.75) is 18.7 Å². The first kappa shape index (κ1) is 16.8.